The van der Waals surface area contributed by atoms with Crippen LogP contribution in [0.25, 0.3) is 0 Å². The van der Waals surface area contributed by atoms with Gasteiger partial charge in [-0.1, -0.05) is 0 Å². The van der Waals surface area contributed by atoms with Gasteiger partial charge in [-0.05, 0) is 50.5 Å². The fourth-order valence-electron chi connectivity index (χ4n) is 2.20. The number of aldehydes is 1. The fraction of sp³-hybridized carbons (Fsp3) is 0.333. The van der Waals surface area contributed by atoms with E-state index in [1.54, 1.807) is 33.9 Å². The number of nitrogens with zero attached hydrogens (tertiary/aromatic N) is 2. The van der Waals surface area contributed by atoms with E-state index in [2.05, 4.69) is 15.3 Å². The molecule has 0 aliphatic carbocycles. The van der Waals surface area contributed by atoms with Gasteiger partial charge < -0.3 is 4.74 Å². The molecule has 2 rings (SSSR count). The molecule has 2 aromatic heterocycles. The van der Waals surface area contributed by atoms with Crippen LogP contribution >= 0.6 is 0 Å². The summed E-state index contributed by atoms with van der Waals surface area (Å²) in [6.45, 7) is 6.91. The van der Waals surface area contributed by atoms with E-state index in [1.165, 1.54) is 18.5 Å². The molecule has 0 aliphatic heterocycles. The Kier molecular flexibility index (Phi) is 5.46. The number of aromatic nitrogens is 2. The molecule has 6 nitrogen and oxygen atoms in total. The van der Waals surface area contributed by atoms with E-state index in [1.807, 2.05) is 0 Å². The Labute approximate surface area is 145 Å². The van der Waals surface area contributed by atoms with Gasteiger partial charge in [0.1, 0.15) is 5.60 Å². The average Bonchev–Trinajstić information content (AvgIpc) is 2.51. The lowest BCUT2D eigenvalue weighted by Crippen LogP contribution is -2.28. The summed E-state index contributed by atoms with van der Waals surface area (Å²) in [6.07, 6.45) is 4.60. The van der Waals surface area contributed by atoms with Crippen molar-refractivity contribution in [3.63, 3.8) is 0 Å². The molecule has 7 heteroatoms. The van der Waals surface area contributed by atoms with Crippen molar-refractivity contribution in [2.75, 3.05) is 5.32 Å². The van der Waals surface area contributed by atoms with Gasteiger partial charge in [-0.2, -0.15) is 0 Å². The minimum absolute atomic E-state index is 0.205. The Morgan fingerprint density at radius 1 is 1.32 bits per heavy atom. The van der Waals surface area contributed by atoms with Crippen molar-refractivity contribution in [3.8, 4) is 0 Å². The van der Waals surface area contributed by atoms with Crippen molar-refractivity contribution in [1.82, 2.24) is 9.97 Å². The number of halogens is 1. The number of amides is 1. The average molecular weight is 345 g/mol. The first kappa shape index (κ1) is 18.5. The third-order valence-corrected chi connectivity index (χ3v) is 3.46. The first-order valence-electron chi connectivity index (χ1n) is 7.73. The van der Waals surface area contributed by atoms with Crippen LogP contribution < -0.4 is 5.32 Å². The van der Waals surface area contributed by atoms with Crippen LogP contribution in [0.15, 0.2) is 24.7 Å². The maximum Gasteiger partial charge on any atom is 0.413 e. The van der Waals surface area contributed by atoms with Crippen LogP contribution in [0.2, 0.25) is 0 Å². The number of pyridine rings is 2. The fourth-order valence-corrected chi connectivity index (χ4v) is 2.20. The van der Waals surface area contributed by atoms with Gasteiger partial charge in [0.05, 0.1) is 0 Å². The van der Waals surface area contributed by atoms with Crippen molar-refractivity contribution in [3.05, 3.63) is 52.7 Å². The second kappa shape index (κ2) is 7.38. The summed E-state index contributed by atoms with van der Waals surface area (Å²) in [5.41, 5.74) is 1.55. The van der Waals surface area contributed by atoms with Crippen molar-refractivity contribution < 1.29 is 18.7 Å². The summed E-state index contributed by atoms with van der Waals surface area (Å²) in [4.78, 5) is 30.6. The summed E-state index contributed by atoms with van der Waals surface area (Å²) in [5.74, 6) is -0.854. The van der Waals surface area contributed by atoms with Crippen molar-refractivity contribution in [2.24, 2.45) is 0 Å². The van der Waals surface area contributed by atoms with Crippen LogP contribution in [0.4, 0.5) is 15.0 Å². The maximum atomic E-state index is 14.6. The summed E-state index contributed by atoms with van der Waals surface area (Å²) in [7, 11) is 0. The maximum absolute atomic E-state index is 14.6. The lowest BCUT2D eigenvalue weighted by atomic mass is 10.00. The number of hydrogen-bond acceptors (Lipinski definition) is 5. The Bertz CT molecular complexity index is 801. The van der Waals surface area contributed by atoms with E-state index in [0.717, 1.165) is 11.1 Å². The van der Waals surface area contributed by atoms with E-state index < -0.39 is 17.5 Å². The number of carbonyl (C=O) groups is 2. The molecule has 0 radical (unpaired) electrons. The van der Waals surface area contributed by atoms with E-state index in [9.17, 15) is 14.0 Å². The quantitative estimate of drug-likeness (QED) is 0.855. The van der Waals surface area contributed by atoms with E-state index in [4.69, 9.17) is 4.74 Å². The molecule has 0 bridgehead atoms. The van der Waals surface area contributed by atoms with Gasteiger partial charge in [0, 0.05) is 30.6 Å². The highest BCUT2D eigenvalue weighted by atomic mass is 19.1. The molecule has 132 valence electrons. The van der Waals surface area contributed by atoms with Crippen molar-refractivity contribution >= 4 is 18.2 Å². The minimum atomic E-state index is -0.781. The molecule has 0 unspecified atom stereocenters. The number of nitrogens with one attached hydrogen (secondary N) is 1. The number of ether oxygens (including phenoxy) is 1. The largest absolute Gasteiger partial charge is 0.444 e. The molecule has 0 atom stereocenters. The molecule has 2 heterocycles. The van der Waals surface area contributed by atoms with E-state index >= 15 is 0 Å². The summed E-state index contributed by atoms with van der Waals surface area (Å²) in [6, 6.07) is 1.52. The third kappa shape index (κ3) is 4.82. The molecule has 0 spiro atoms. The Hall–Kier alpha value is -2.83. The first-order chi connectivity index (χ1) is 11.7. The predicted octanol–water partition coefficient (Wildman–Crippen LogP) is 3.67. The Balaban J connectivity index is 2.24. The summed E-state index contributed by atoms with van der Waals surface area (Å²) >= 11 is 0. The molecule has 0 saturated carbocycles. The zero-order valence-corrected chi connectivity index (χ0v) is 14.6. The number of anilines is 1. The van der Waals surface area contributed by atoms with Gasteiger partial charge >= 0.3 is 6.09 Å². The summed E-state index contributed by atoms with van der Waals surface area (Å²) < 4.78 is 19.7. The van der Waals surface area contributed by atoms with E-state index in [-0.39, 0.29) is 12.2 Å². The van der Waals surface area contributed by atoms with Gasteiger partial charge in [0.15, 0.2) is 17.9 Å². The van der Waals surface area contributed by atoms with Crippen LogP contribution in [0.1, 0.15) is 47.8 Å². The highest BCUT2D eigenvalue weighted by Crippen LogP contribution is 2.21. The number of rotatable bonds is 4. The third-order valence-electron chi connectivity index (χ3n) is 3.46. The molecule has 0 aliphatic rings. The molecular weight excluding hydrogens is 325 g/mol. The van der Waals surface area contributed by atoms with E-state index in [0.29, 0.717) is 17.4 Å². The number of carbonyl (C=O) groups excluding carboxylic acids is 2. The van der Waals surface area contributed by atoms with Crippen LogP contribution in [0.5, 0.6) is 0 Å². The molecule has 0 aromatic carbocycles. The van der Waals surface area contributed by atoms with Gasteiger partial charge in [0.25, 0.3) is 0 Å². The van der Waals surface area contributed by atoms with Crippen molar-refractivity contribution in [2.45, 2.75) is 39.7 Å². The van der Waals surface area contributed by atoms with Gasteiger partial charge in [-0.15, -0.1) is 0 Å². The monoisotopic (exact) mass is 345 g/mol. The Morgan fingerprint density at radius 3 is 2.68 bits per heavy atom. The standard InChI is InChI=1S/C18H20FN3O3/c1-11-13(8-20-9-14(11)10-23)7-12-5-6-21-16(15(12)19)22-17(24)25-18(2,3)4/h5-6,8-10H,7H2,1-4H3,(H,21,22,24). The normalized spacial score (nSPS) is 11.1. The smallest absolute Gasteiger partial charge is 0.413 e. The van der Waals surface area contributed by atoms with Crippen LogP contribution in [-0.4, -0.2) is 27.9 Å². The molecule has 0 saturated heterocycles. The molecule has 25 heavy (non-hydrogen) atoms. The van der Waals surface area contributed by atoms with Crippen LogP contribution in [-0.2, 0) is 11.2 Å². The second-order valence-electron chi connectivity index (χ2n) is 6.57. The lowest BCUT2D eigenvalue weighted by molar-refractivity contribution is 0.0634. The molecule has 1 N–H and O–H groups in total. The molecule has 2 aromatic rings. The summed E-state index contributed by atoms with van der Waals surface area (Å²) in [5, 5.41) is 2.31. The topological polar surface area (TPSA) is 81.2 Å². The van der Waals surface area contributed by atoms with Gasteiger partial charge in [-0.25, -0.2) is 14.2 Å². The molecule has 0 fully saturated rings. The Morgan fingerprint density at radius 2 is 2.04 bits per heavy atom. The zero-order valence-electron chi connectivity index (χ0n) is 14.6. The predicted molar refractivity (Wildman–Crippen MR) is 91.2 cm³/mol. The van der Waals surface area contributed by atoms with Crippen LogP contribution in [0.3, 0.4) is 0 Å². The van der Waals surface area contributed by atoms with Gasteiger partial charge in [0.2, 0.25) is 0 Å². The zero-order chi connectivity index (χ0) is 18.6. The SMILES string of the molecule is Cc1c(C=O)cncc1Cc1ccnc(NC(=O)OC(C)(C)C)c1F. The highest BCUT2D eigenvalue weighted by molar-refractivity contribution is 5.84. The lowest BCUT2D eigenvalue weighted by Gasteiger charge is -2.19. The molecule has 1 amide bonds. The molecular formula is C18H20FN3O3. The number of hydrogen-bond donors (Lipinski definition) is 1. The van der Waals surface area contributed by atoms with Crippen LogP contribution in [0, 0.1) is 12.7 Å². The van der Waals surface area contributed by atoms with Gasteiger partial charge in [-0.3, -0.25) is 15.1 Å². The first-order valence-corrected chi connectivity index (χ1v) is 7.73. The highest BCUT2D eigenvalue weighted by Gasteiger charge is 2.19. The minimum Gasteiger partial charge on any atom is -0.444 e. The second-order valence-corrected chi connectivity index (χ2v) is 6.57. The van der Waals surface area contributed by atoms with Crippen molar-refractivity contribution in [1.29, 1.82) is 0 Å².